The summed E-state index contributed by atoms with van der Waals surface area (Å²) in [6, 6.07) is 18.4. The van der Waals surface area contributed by atoms with Crippen LogP contribution in [0.3, 0.4) is 0 Å². The molecule has 0 fully saturated rings. The molecule has 1 unspecified atom stereocenters. The molecule has 1 aliphatic rings. The number of hydrogen-bond donors (Lipinski definition) is 1. The van der Waals surface area contributed by atoms with E-state index in [1.54, 1.807) is 0 Å². The number of halogens is 1. The predicted molar refractivity (Wildman–Crippen MR) is 78.9 cm³/mol. The molecule has 0 amide bonds. The van der Waals surface area contributed by atoms with Crippen molar-refractivity contribution < 1.29 is 4.74 Å². The summed E-state index contributed by atoms with van der Waals surface area (Å²) in [5.74, 6) is 0. The Balaban J connectivity index is 2.19. The van der Waals surface area contributed by atoms with Crippen molar-refractivity contribution in [3.8, 4) is 0 Å². The number of aliphatic imine (C=N–C) groups is 1. The summed E-state index contributed by atoms with van der Waals surface area (Å²) in [7, 11) is 0. The molecule has 4 heteroatoms. The Kier molecular flexibility index (Phi) is 3.03. The van der Waals surface area contributed by atoms with Crippen LogP contribution >= 0.6 is 15.9 Å². The normalized spacial score (nSPS) is 21.8. The Labute approximate surface area is 120 Å². The molecule has 2 aromatic rings. The minimum atomic E-state index is -0.547. The summed E-state index contributed by atoms with van der Waals surface area (Å²) in [6.07, 6.45) is 0. The summed E-state index contributed by atoms with van der Waals surface area (Å²) in [5.41, 5.74) is 7.33. The van der Waals surface area contributed by atoms with Crippen molar-refractivity contribution in [2.24, 2.45) is 10.7 Å². The van der Waals surface area contributed by atoms with E-state index in [1.807, 2.05) is 48.5 Å². The predicted octanol–water partition coefficient (Wildman–Crippen LogP) is 3.04. The first-order valence-corrected chi connectivity index (χ1v) is 6.80. The van der Waals surface area contributed by atoms with Gasteiger partial charge in [0.05, 0.1) is 0 Å². The standard InChI is InChI=1S/C15H13BrN2O/c16-13-8-4-7-12(9-13)15(10-19-14(17)18-15)11-5-2-1-3-6-11/h1-9H,10H2,(H2,17,18). The second-order valence-electron chi connectivity index (χ2n) is 4.48. The third kappa shape index (κ3) is 2.12. The first-order valence-electron chi connectivity index (χ1n) is 6.00. The first kappa shape index (κ1) is 12.2. The van der Waals surface area contributed by atoms with Gasteiger partial charge in [-0.05, 0) is 23.3 Å². The van der Waals surface area contributed by atoms with Crippen LogP contribution in [-0.2, 0) is 10.3 Å². The van der Waals surface area contributed by atoms with Crippen LogP contribution in [0.5, 0.6) is 0 Å². The fourth-order valence-electron chi connectivity index (χ4n) is 2.35. The largest absolute Gasteiger partial charge is 0.462 e. The number of benzene rings is 2. The fraction of sp³-hybridized carbons (Fsp3) is 0.133. The van der Waals surface area contributed by atoms with Gasteiger partial charge in [-0.15, -0.1) is 0 Å². The lowest BCUT2D eigenvalue weighted by molar-refractivity contribution is 0.278. The Morgan fingerprint density at radius 2 is 1.79 bits per heavy atom. The maximum Gasteiger partial charge on any atom is 0.283 e. The van der Waals surface area contributed by atoms with Gasteiger partial charge in [0.2, 0.25) is 0 Å². The van der Waals surface area contributed by atoms with Crippen LogP contribution < -0.4 is 5.73 Å². The SMILES string of the molecule is NC1=NC(c2ccccc2)(c2cccc(Br)c2)CO1. The zero-order valence-corrected chi connectivity index (χ0v) is 11.8. The molecule has 0 saturated carbocycles. The minimum Gasteiger partial charge on any atom is -0.462 e. The lowest BCUT2D eigenvalue weighted by atomic mass is 9.84. The van der Waals surface area contributed by atoms with Gasteiger partial charge in [-0.3, -0.25) is 0 Å². The van der Waals surface area contributed by atoms with Crippen molar-refractivity contribution in [1.82, 2.24) is 0 Å². The molecule has 0 bridgehead atoms. The molecule has 1 heterocycles. The van der Waals surface area contributed by atoms with Gasteiger partial charge in [0.25, 0.3) is 6.02 Å². The Morgan fingerprint density at radius 3 is 2.42 bits per heavy atom. The number of nitrogens with two attached hydrogens (primary N) is 1. The highest BCUT2D eigenvalue weighted by Gasteiger charge is 2.39. The van der Waals surface area contributed by atoms with E-state index >= 15 is 0 Å². The summed E-state index contributed by atoms with van der Waals surface area (Å²) in [5, 5.41) is 0. The average molecular weight is 317 g/mol. The van der Waals surface area contributed by atoms with Gasteiger partial charge in [0.15, 0.2) is 5.54 Å². The third-order valence-electron chi connectivity index (χ3n) is 3.28. The Bertz CT molecular complexity index is 627. The molecule has 0 spiro atoms. The molecule has 0 aromatic heterocycles. The molecule has 2 aromatic carbocycles. The van der Waals surface area contributed by atoms with Gasteiger partial charge >= 0.3 is 0 Å². The number of nitrogens with zero attached hydrogens (tertiary/aromatic N) is 1. The molecular weight excluding hydrogens is 304 g/mol. The lowest BCUT2D eigenvalue weighted by Gasteiger charge is -2.25. The topological polar surface area (TPSA) is 47.6 Å². The van der Waals surface area contributed by atoms with Crippen LogP contribution in [0.25, 0.3) is 0 Å². The average Bonchev–Trinajstić information content (AvgIpc) is 2.83. The molecular formula is C15H13BrN2O. The van der Waals surface area contributed by atoms with E-state index in [2.05, 4.69) is 27.0 Å². The highest BCUT2D eigenvalue weighted by Crippen LogP contribution is 2.38. The lowest BCUT2D eigenvalue weighted by Crippen LogP contribution is -2.27. The molecule has 19 heavy (non-hydrogen) atoms. The molecule has 1 atom stereocenters. The smallest absolute Gasteiger partial charge is 0.283 e. The van der Waals surface area contributed by atoms with E-state index in [1.165, 1.54) is 0 Å². The number of rotatable bonds is 2. The van der Waals surface area contributed by atoms with E-state index < -0.39 is 5.54 Å². The highest BCUT2D eigenvalue weighted by molar-refractivity contribution is 9.10. The van der Waals surface area contributed by atoms with Gasteiger partial charge in [-0.1, -0.05) is 58.4 Å². The molecule has 0 saturated heterocycles. The monoisotopic (exact) mass is 316 g/mol. The third-order valence-corrected chi connectivity index (χ3v) is 3.78. The Hall–Kier alpha value is -1.81. The van der Waals surface area contributed by atoms with Gasteiger partial charge < -0.3 is 10.5 Å². The number of hydrogen-bond acceptors (Lipinski definition) is 3. The Morgan fingerprint density at radius 1 is 1.05 bits per heavy atom. The van der Waals surface area contributed by atoms with Crippen LogP contribution in [0.2, 0.25) is 0 Å². The van der Waals surface area contributed by atoms with E-state index in [-0.39, 0.29) is 6.02 Å². The fourth-order valence-corrected chi connectivity index (χ4v) is 2.75. The molecule has 3 nitrogen and oxygen atoms in total. The summed E-state index contributed by atoms with van der Waals surface area (Å²) in [4.78, 5) is 4.55. The second kappa shape index (κ2) is 4.70. The zero-order valence-electron chi connectivity index (χ0n) is 10.2. The summed E-state index contributed by atoms with van der Waals surface area (Å²) < 4.78 is 6.44. The van der Waals surface area contributed by atoms with Gasteiger partial charge in [-0.2, -0.15) is 0 Å². The van der Waals surface area contributed by atoms with Gasteiger partial charge in [-0.25, -0.2) is 4.99 Å². The van der Waals surface area contributed by atoms with Crippen LogP contribution in [0.1, 0.15) is 11.1 Å². The van der Waals surface area contributed by atoms with Crippen molar-refractivity contribution in [1.29, 1.82) is 0 Å². The van der Waals surface area contributed by atoms with Crippen LogP contribution in [-0.4, -0.2) is 12.6 Å². The second-order valence-corrected chi connectivity index (χ2v) is 5.39. The maximum atomic E-state index is 5.74. The van der Waals surface area contributed by atoms with Crippen molar-refractivity contribution in [2.75, 3.05) is 6.61 Å². The molecule has 1 aliphatic heterocycles. The van der Waals surface area contributed by atoms with Crippen LogP contribution in [0, 0.1) is 0 Å². The van der Waals surface area contributed by atoms with E-state index in [0.29, 0.717) is 6.61 Å². The summed E-state index contributed by atoms with van der Waals surface area (Å²) >= 11 is 3.50. The molecule has 0 aliphatic carbocycles. The van der Waals surface area contributed by atoms with E-state index in [0.717, 1.165) is 15.6 Å². The van der Waals surface area contributed by atoms with Crippen LogP contribution in [0.15, 0.2) is 64.1 Å². The van der Waals surface area contributed by atoms with Crippen LogP contribution in [0.4, 0.5) is 0 Å². The molecule has 0 radical (unpaired) electrons. The van der Waals surface area contributed by atoms with E-state index in [9.17, 15) is 0 Å². The highest BCUT2D eigenvalue weighted by atomic mass is 79.9. The van der Waals surface area contributed by atoms with E-state index in [4.69, 9.17) is 10.5 Å². The quantitative estimate of drug-likeness (QED) is 0.925. The van der Waals surface area contributed by atoms with Gasteiger partial charge in [0.1, 0.15) is 6.61 Å². The molecule has 96 valence electrons. The molecule has 3 rings (SSSR count). The van der Waals surface area contributed by atoms with Gasteiger partial charge in [0, 0.05) is 4.47 Å². The number of amidine groups is 1. The van der Waals surface area contributed by atoms with Crippen molar-refractivity contribution in [3.05, 3.63) is 70.2 Å². The van der Waals surface area contributed by atoms with Crippen molar-refractivity contribution in [3.63, 3.8) is 0 Å². The van der Waals surface area contributed by atoms with Crippen molar-refractivity contribution >= 4 is 22.0 Å². The maximum absolute atomic E-state index is 5.74. The minimum absolute atomic E-state index is 0.240. The summed E-state index contributed by atoms with van der Waals surface area (Å²) in [6.45, 7) is 0.430. The first-order chi connectivity index (χ1) is 9.21. The molecule has 2 N–H and O–H groups in total. The van der Waals surface area contributed by atoms with Crippen molar-refractivity contribution in [2.45, 2.75) is 5.54 Å². The number of ether oxygens (including phenoxy) is 1. The zero-order chi connectivity index (χ0) is 13.3.